The molecule has 3 heterocycles. The standard InChI is InChI=1S/C31H34N6O3S/c38-31(27-8-4-6-24(20-27)22-37-15-17-41(39,40)18-16-37)32-28-11-9-25(10-12-28)29-33-30(35-34-29)26-7-3-5-23(19-26)21-36-13-1-2-14-36/h3-12,19-20H,1-2,13-18,21-22H2,(H,32,38)(H,33,34,35). The number of hydrogen-bond donors (Lipinski definition) is 2. The maximum Gasteiger partial charge on any atom is 0.255 e. The van der Waals surface area contributed by atoms with Crippen LogP contribution >= 0.6 is 0 Å². The van der Waals surface area contributed by atoms with Crippen molar-refractivity contribution in [3.05, 3.63) is 89.5 Å². The van der Waals surface area contributed by atoms with Gasteiger partial charge in [-0.05, 0) is 79.5 Å². The first-order valence-electron chi connectivity index (χ1n) is 14.1. The minimum Gasteiger partial charge on any atom is -0.322 e. The summed E-state index contributed by atoms with van der Waals surface area (Å²) in [5.74, 6) is 1.50. The van der Waals surface area contributed by atoms with E-state index in [0.29, 0.717) is 42.5 Å². The van der Waals surface area contributed by atoms with Gasteiger partial charge in [0.25, 0.3) is 5.91 Å². The number of benzene rings is 3. The van der Waals surface area contributed by atoms with Crippen LogP contribution in [-0.2, 0) is 22.9 Å². The molecule has 0 radical (unpaired) electrons. The van der Waals surface area contributed by atoms with E-state index in [2.05, 4.69) is 43.5 Å². The molecule has 4 aromatic rings. The number of amides is 1. The summed E-state index contributed by atoms with van der Waals surface area (Å²) in [4.78, 5) is 22.3. The maximum atomic E-state index is 13.0. The van der Waals surface area contributed by atoms with Crippen molar-refractivity contribution in [1.29, 1.82) is 0 Å². The van der Waals surface area contributed by atoms with Gasteiger partial charge in [0.1, 0.15) is 0 Å². The highest BCUT2D eigenvalue weighted by molar-refractivity contribution is 7.91. The third kappa shape index (κ3) is 6.90. The molecule has 1 amide bonds. The van der Waals surface area contributed by atoms with E-state index in [0.717, 1.165) is 36.3 Å². The molecule has 3 aromatic carbocycles. The zero-order chi connectivity index (χ0) is 28.2. The number of sulfone groups is 1. The Morgan fingerprint density at radius 2 is 1.46 bits per heavy atom. The Morgan fingerprint density at radius 1 is 0.805 bits per heavy atom. The minimum absolute atomic E-state index is 0.185. The van der Waals surface area contributed by atoms with Crippen LogP contribution < -0.4 is 5.32 Å². The molecule has 41 heavy (non-hydrogen) atoms. The molecule has 212 valence electrons. The lowest BCUT2D eigenvalue weighted by molar-refractivity contribution is 0.102. The first-order valence-corrected chi connectivity index (χ1v) is 15.9. The van der Waals surface area contributed by atoms with E-state index in [1.165, 1.54) is 18.4 Å². The first kappa shape index (κ1) is 27.3. The number of rotatable bonds is 8. The van der Waals surface area contributed by atoms with Gasteiger partial charge in [-0.2, -0.15) is 5.10 Å². The van der Waals surface area contributed by atoms with Crippen LogP contribution in [0.25, 0.3) is 22.8 Å². The molecule has 10 heteroatoms. The molecule has 2 aliphatic heterocycles. The third-order valence-corrected chi connectivity index (χ3v) is 9.33. The second kappa shape index (κ2) is 11.9. The van der Waals surface area contributed by atoms with Crippen molar-refractivity contribution in [2.75, 3.05) is 43.0 Å². The fourth-order valence-corrected chi connectivity index (χ4v) is 6.70. The van der Waals surface area contributed by atoms with E-state index >= 15 is 0 Å². The quantitative estimate of drug-likeness (QED) is 0.326. The third-order valence-electron chi connectivity index (χ3n) is 7.72. The van der Waals surface area contributed by atoms with E-state index in [1.54, 1.807) is 6.07 Å². The Labute approximate surface area is 240 Å². The van der Waals surface area contributed by atoms with Crippen LogP contribution in [0.1, 0.15) is 34.3 Å². The monoisotopic (exact) mass is 570 g/mol. The number of nitrogens with zero attached hydrogens (tertiary/aromatic N) is 4. The topological polar surface area (TPSA) is 111 Å². The van der Waals surface area contributed by atoms with Crippen LogP contribution in [0.15, 0.2) is 72.8 Å². The molecular formula is C31H34N6O3S. The molecule has 2 aliphatic rings. The molecule has 0 saturated carbocycles. The number of carbonyl (C=O) groups is 1. The van der Waals surface area contributed by atoms with E-state index in [4.69, 9.17) is 4.98 Å². The Kier molecular flexibility index (Phi) is 7.95. The molecule has 2 saturated heterocycles. The molecule has 2 N–H and O–H groups in total. The Hall–Kier alpha value is -3.86. The van der Waals surface area contributed by atoms with Crippen molar-refractivity contribution in [2.24, 2.45) is 0 Å². The SMILES string of the molecule is O=C(Nc1ccc(-c2nc(-c3cccc(CN4CCCC4)c3)n[nH]2)cc1)c1cccc(CN2CCS(=O)(=O)CC2)c1. The summed E-state index contributed by atoms with van der Waals surface area (Å²) >= 11 is 0. The second-order valence-electron chi connectivity index (χ2n) is 10.9. The molecule has 6 rings (SSSR count). The number of hydrogen-bond acceptors (Lipinski definition) is 7. The number of aromatic amines is 1. The first-order chi connectivity index (χ1) is 19.9. The highest BCUT2D eigenvalue weighted by Gasteiger charge is 2.21. The zero-order valence-electron chi connectivity index (χ0n) is 22.9. The van der Waals surface area contributed by atoms with Crippen LogP contribution in [0.5, 0.6) is 0 Å². The van der Waals surface area contributed by atoms with E-state index in [9.17, 15) is 13.2 Å². The molecule has 9 nitrogen and oxygen atoms in total. The van der Waals surface area contributed by atoms with Gasteiger partial charge in [0.15, 0.2) is 21.5 Å². The van der Waals surface area contributed by atoms with Gasteiger partial charge in [-0.3, -0.25) is 19.7 Å². The van der Waals surface area contributed by atoms with Crippen molar-refractivity contribution in [3.8, 4) is 22.8 Å². The van der Waals surface area contributed by atoms with Crippen LogP contribution in [0, 0.1) is 0 Å². The number of aromatic nitrogens is 3. The van der Waals surface area contributed by atoms with Crippen molar-refractivity contribution in [1.82, 2.24) is 25.0 Å². The van der Waals surface area contributed by atoms with Crippen LogP contribution in [0.4, 0.5) is 5.69 Å². The molecule has 0 aliphatic carbocycles. The zero-order valence-corrected chi connectivity index (χ0v) is 23.7. The predicted octanol–water partition coefficient (Wildman–Crippen LogP) is 4.22. The Balaban J connectivity index is 1.07. The minimum atomic E-state index is -2.92. The van der Waals surface area contributed by atoms with E-state index in [-0.39, 0.29) is 17.4 Å². The lowest BCUT2D eigenvalue weighted by Gasteiger charge is -2.26. The molecule has 0 spiro atoms. The van der Waals surface area contributed by atoms with Crippen molar-refractivity contribution in [3.63, 3.8) is 0 Å². The summed E-state index contributed by atoms with van der Waals surface area (Å²) in [6.45, 7) is 4.92. The fraction of sp³-hybridized carbons (Fsp3) is 0.323. The van der Waals surface area contributed by atoms with E-state index < -0.39 is 9.84 Å². The van der Waals surface area contributed by atoms with Crippen molar-refractivity contribution in [2.45, 2.75) is 25.9 Å². The lowest BCUT2D eigenvalue weighted by atomic mass is 10.1. The fourth-order valence-electron chi connectivity index (χ4n) is 5.42. The van der Waals surface area contributed by atoms with Crippen molar-refractivity contribution < 1.29 is 13.2 Å². The normalized spacial score (nSPS) is 17.5. The number of anilines is 1. The molecule has 1 aromatic heterocycles. The van der Waals surface area contributed by atoms with Crippen LogP contribution in [0.3, 0.4) is 0 Å². The van der Waals surface area contributed by atoms with Gasteiger partial charge < -0.3 is 5.32 Å². The predicted molar refractivity (Wildman–Crippen MR) is 160 cm³/mol. The van der Waals surface area contributed by atoms with Gasteiger partial charge in [0.05, 0.1) is 11.5 Å². The van der Waals surface area contributed by atoms with Gasteiger partial charge in [0, 0.05) is 48.6 Å². The highest BCUT2D eigenvalue weighted by atomic mass is 32.2. The maximum absolute atomic E-state index is 13.0. The van der Waals surface area contributed by atoms with Gasteiger partial charge >= 0.3 is 0 Å². The molecule has 0 atom stereocenters. The average Bonchev–Trinajstić information content (AvgIpc) is 3.68. The number of nitrogens with one attached hydrogen (secondary N) is 2. The average molecular weight is 571 g/mol. The summed E-state index contributed by atoms with van der Waals surface area (Å²) in [6.07, 6.45) is 2.55. The Morgan fingerprint density at radius 3 is 2.20 bits per heavy atom. The van der Waals surface area contributed by atoms with Gasteiger partial charge in [-0.1, -0.05) is 30.3 Å². The van der Waals surface area contributed by atoms with Gasteiger partial charge in [0.2, 0.25) is 0 Å². The second-order valence-corrected chi connectivity index (χ2v) is 13.2. The summed E-state index contributed by atoms with van der Waals surface area (Å²) in [5, 5.41) is 10.5. The van der Waals surface area contributed by atoms with Gasteiger partial charge in [-0.25, -0.2) is 13.4 Å². The smallest absolute Gasteiger partial charge is 0.255 e. The lowest BCUT2D eigenvalue weighted by Crippen LogP contribution is -2.39. The summed E-state index contributed by atoms with van der Waals surface area (Å²) in [5.41, 5.74) is 5.35. The number of H-pyrrole nitrogens is 1. The van der Waals surface area contributed by atoms with Gasteiger partial charge in [-0.15, -0.1) is 0 Å². The largest absolute Gasteiger partial charge is 0.322 e. The Bertz CT molecular complexity index is 1610. The number of likely N-dealkylation sites (tertiary alicyclic amines) is 1. The summed E-state index contributed by atoms with van der Waals surface area (Å²) < 4.78 is 23.4. The molecule has 0 bridgehead atoms. The van der Waals surface area contributed by atoms with Crippen LogP contribution in [0.2, 0.25) is 0 Å². The molecule has 0 unspecified atom stereocenters. The summed E-state index contributed by atoms with van der Waals surface area (Å²) in [7, 11) is -2.92. The highest BCUT2D eigenvalue weighted by Crippen LogP contribution is 2.24. The number of carbonyl (C=O) groups excluding carboxylic acids is 1. The molecule has 2 fully saturated rings. The van der Waals surface area contributed by atoms with Crippen molar-refractivity contribution >= 4 is 21.4 Å². The summed E-state index contributed by atoms with van der Waals surface area (Å²) in [6, 6.07) is 23.4. The van der Waals surface area contributed by atoms with E-state index in [1.807, 2.05) is 48.5 Å². The molecular weight excluding hydrogens is 536 g/mol. The van der Waals surface area contributed by atoms with Crippen LogP contribution in [-0.4, -0.2) is 77.0 Å².